The summed E-state index contributed by atoms with van der Waals surface area (Å²) in [4.78, 5) is 13.4. The van der Waals surface area contributed by atoms with Crippen LogP contribution in [0.25, 0.3) is 10.9 Å². The molecule has 0 unspecified atom stereocenters. The molecule has 0 spiro atoms. The van der Waals surface area contributed by atoms with Crippen LogP contribution >= 0.6 is 0 Å². The molecule has 0 radical (unpaired) electrons. The number of benzene rings is 2. The summed E-state index contributed by atoms with van der Waals surface area (Å²) in [5, 5.41) is 0.651. The van der Waals surface area contributed by atoms with Gasteiger partial charge >= 0.3 is 6.18 Å². The molecule has 1 aromatic heterocycles. The highest BCUT2D eigenvalue weighted by Crippen LogP contribution is 2.34. The number of hydrogen-bond donors (Lipinski definition) is 0. The Hall–Kier alpha value is -2.87. The molecule has 0 N–H and O–H groups in total. The third-order valence-electron chi connectivity index (χ3n) is 4.72. The Bertz CT molecular complexity index is 985. The van der Waals surface area contributed by atoms with Gasteiger partial charge in [-0.05, 0) is 37.4 Å². The average Bonchev–Trinajstić information content (AvgIpc) is 2.68. The molecule has 1 aliphatic heterocycles. The lowest BCUT2D eigenvalue weighted by atomic mass is 10.2. The Kier molecular flexibility index (Phi) is 4.80. The van der Waals surface area contributed by atoms with E-state index in [1.54, 1.807) is 6.07 Å². The SMILES string of the molecule is CN1CCN(c2nc(Oc3cccc(C(F)(F)F)c3)c3ccccc3n2)CC1. The van der Waals surface area contributed by atoms with Crippen LogP contribution in [0.1, 0.15) is 5.56 Å². The van der Waals surface area contributed by atoms with Crippen LogP contribution in [0.15, 0.2) is 48.5 Å². The Balaban J connectivity index is 1.72. The van der Waals surface area contributed by atoms with Crippen LogP contribution in [0.4, 0.5) is 19.1 Å². The molecule has 5 nitrogen and oxygen atoms in total. The predicted octanol–water partition coefficient (Wildman–Crippen LogP) is 4.19. The summed E-state index contributed by atoms with van der Waals surface area (Å²) in [6.07, 6.45) is -4.43. The van der Waals surface area contributed by atoms with Crippen molar-refractivity contribution in [1.29, 1.82) is 0 Å². The number of alkyl halides is 3. The van der Waals surface area contributed by atoms with Gasteiger partial charge in [0, 0.05) is 26.2 Å². The maximum absolute atomic E-state index is 13.0. The third kappa shape index (κ3) is 3.87. The second-order valence-electron chi connectivity index (χ2n) is 6.76. The molecule has 1 fully saturated rings. The number of fused-ring (bicyclic) bond motifs is 1. The van der Waals surface area contributed by atoms with Gasteiger partial charge in [0.25, 0.3) is 0 Å². The van der Waals surface area contributed by atoms with Crippen molar-refractivity contribution in [2.45, 2.75) is 6.18 Å². The van der Waals surface area contributed by atoms with E-state index in [0.29, 0.717) is 16.9 Å². The minimum absolute atomic E-state index is 0.0861. The van der Waals surface area contributed by atoms with E-state index in [-0.39, 0.29) is 11.6 Å². The fraction of sp³-hybridized carbons (Fsp3) is 0.300. The molecule has 0 atom stereocenters. The van der Waals surface area contributed by atoms with Gasteiger partial charge in [0.1, 0.15) is 5.75 Å². The highest BCUT2D eigenvalue weighted by atomic mass is 19.4. The second-order valence-corrected chi connectivity index (χ2v) is 6.76. The minimum atomic E-state index is -4.43. The van der Waals surface area contributed by atoms with Crippen LogP contribution in [0.3, 0.4) is 0 Å². The molecule has 4 rings (SSSR count). The molecular formula is C20H19F3N4O. The third-order valence-corrected chi connectivity index (χ3v) is 4.72. The molecule has 28 heavy (non-hydrogen) atoms. The van der Waals surface area contributed by atoms with Crippen molar-refractivity contribution in [3.63, 3.8) is 0 Å². The highest BCUT2D eigenvalue weighted by Gasteiger charge is 2.30. The number of rotatable bonds is 3. The number of hydrogen-bond acceptors (Lipinski definition) is 5. The first kappa shape index (κ1) is 18.5. The van der Waals surface area contributed by atoms with E-state index in [9.17, 15) is 13.2 Å². The van der Waals surface area contributed by atoms with Gasteiger partial charge in [-0.1, -0.05) is 18.2 Å². The highest BCUT2D eigenvalue weighted by molar-refractivity contribution is 5.84. The molecule has 0 saturated carbocycles. The van der Waals surface area contributed by atoms with E-state index >= 15 is 0 Å². The van der Waals surface area contributed by atoms with Crippen molar-refractivity contribution >= 4 is 16.9 Å². The summed E-state index contributed by atoms with van der Waals surface area (Å²) in [5.41, 5.74) is -0.0731. The normalized spacial score (nSPS) is 15.8. The monoisotopic (exact) mass is 388 g/mol. The molecular weight excluding hydrogens is 369 g/mol. The zero-order valence-corrected chi connectivity index (χ0v) is 15.3. The molecule has 2 heterocycles. The van der Waals surface area contributed by atoms with Crippen molar-refractivity contribution in [2.75, 3.05) is 38.1 Å². The molecule has 3 aromatic rings. The van der Waals surface area contributed by atoms with Crippen LogP contribution in [-0.2, 0) is 6.18 Å². The van der Waals surface area contributed by atoms with Crippen molar-refractivity contribution < 1.29 is 17.9 Å². The fourth-order valence-electron chi connectivity index (χ4n) is 3.11. The predicted molar refractivity (Wildman–Crippen MR) is 101 cm³/mol. The maximum Gasteiger partial charge on any atom is 0.416 e. The molecule has 2 aromatic carbocycles. The number of aromatic nitrogens is 2. The molecule has 1 saturated heterocycles. The van der Waals surface area contributed by atoms with Gasteiger partial charge in [-0.2, -0.15) is 18.2 Å². The second kappa shape index (κ2) is 7.27. The summed E-state index contributed by atoms with van der Waals surface area (Å²) < 4.78 is 44.8. The van der Waals surface area contributed by atoms with Gasteiger partial charge in [0.05, 0.1) is 16.5 Å². The topological polar surface area (TPSA) is 41.5 Å². The Morgan fingerprint density at radius 3 is 2.43 bits per heavy atom. The van der Waals surface area contributed by atoms with Gasteiger partial charge < -0.3 is 14.5 Å². The molecule has 0 bridgehead atoms. The van der Waals surface area contributed by atoms with E-state index in [4.69, 9.17) is 4.74 Å². The summed E-state index contributed by atoms with van der Waals surface area (Å²) in [7, 11) is 2.06. The number of halogens is 3. The summed E-state index contributed by atoms with van der Waals surface area (Å²) in [6.45, 7) is 3.33. The number of likely N-dealkylation sites (N-methyl/N-ethyl adjacent to an activating group) is 1. The summed E-state index contributed by atoms with van der Waals surface area (Å²) in [5.74, 6) is 0.857. The van der Waals surface area contributed by atoms with Crippen LogP contribution in [-0.4, -0.2) is 48.1 Å². The molecule has 146 valence electrons. The number of anilines is 1. The van der Waals surface area contributed by atoms with Crippen molar-refractivity contribution in [1.82, 2.24) is 14.9 Å². The first-order valence-electron chi connectivity index (χ1n) is 8.95. The van der Waals surface area contributed by atoms with E-state index in [1.165, 1.54) is 12.1 Å². The standard InChI is InChI=1S/C20H19F3N4O/c1-26-9-11-27(12-10-26)19-24-17-8-3-2-7-16(17)18(25-19)28-15-6-4-5-14(13-15)20(21,22)23/h2-8,13H,9-12H2,1H3. The van der Waals surface area contributed by atoms with Gasteiger partial charge in [-0.25, -0.2) is 4.98 Å². The average molecular weight is 388 g/mol. The van der Waals surface area contributed by atoms with E-state index in [1.807, 2.05) is 18.2 Å². The zero-order chi connectivity index (χ0) is 19.7. The Labute approximate surface area is 160 Å². The fourth-order valence-corrected chi connectivity index (χ4v) is 3.11. The summed E-state index contributed by atoms with van der Waals surface area (Å²) in [6, 6.07) is 12.1. The maximum atomic E-state index is 13.0. The molecule has 8 heteroatoms. The first-order valence-corrected chi connectivity index (χ1v) is 8.95. The number of ether oxygens (including phenoxy) is 1. The number of para-hydroxylation sites is 1. The Morgan fingerprint density at radius 1 is 0.929 bits per heavy atom. The van der Waals surface area contributed by atoms with Crippen LogP contribution < -0.4 is 9.64 Å². The number of piperazine rings is 1. The zero-order valence-electron chi connectivity index (χ0n) is 15.3. The van der Waals surface area contributed by atoms with Crippen molar-refractivity contribution in [2.24, 2.45) is 0 Å². The quantitative estimate of drug-likeness (QED) is 0.673. The smallest absolute Gasteiger partial charge is 0.416 e. The van der Waals surface area contributed by atoms with E-state index in [0.717, 1.165) is 38.3 Å². The lowest BCUT2D eigenvalue weighted by molar-refractivity contribution is -0.137. The van der Waals surface area contributed by atoms with Crippen molar-refractivity contribution in [3.05, 3.63) is 54.1 Å². The van der Waals surface area contributed by atoms with E-state index < -0.39 is 11.7 Å². The first-order chi connectivity index (χ1) is 13.4. The van der Waals surface area contributed by atoms with Gasteiger partial charge in [-0.15, -0.1) is 0 Å². The summed E-state index contributed by atoms with van der Waals surface area (Å²) >= 11 is 0. The van der Waals surface area contributed by atoms with Crippen LogP contribution in [0.2, 0.25) is 0 Å². The van der Waals surface area contributed by atoms with Gasteiger partial charge in [0.2, 0.25) is 11.8 Å². The lowest BCUT2D eigenvalue weighted by Gasteiger charge is -2.32. The van der Waals surface area contributed by atoms with Crippen LogP contribution in [0, 0.1) is 0 Å². The molecule has 0 aliphatic carbocycles. The van der Waals surface area contributed by atoms with E-state index in [2.05, 4.69) is 26.8 Å². The Morgan fingerprint density at radius 2 is 1.68 bits per heavy atom. The molecule has 0 amide bonds. The largest absolute Gasteiger partial charge is 0.438 e. The molecule has 1 aliphatic rings. The van der Waals surface area contributed by atoms with Crippen molar-refractivity contribution in [3.8, 4) is 11.6 Å². The lowest BCUT2D eigenvalue weighted by Crippen LogP contribution is -2.45. The minimum Gasteiger partial charge on any atom is -0.438 e. The number of nitrogens with zero attached hydrogens (tertiary/aromatic N) is 4. The van der Waals surface area contributed by atoms with Gasteiger partial charge in [-0.3, -0.25) is 0 Å². The van der Waals surface area contributed by atoms with Crippen LogP contribution in [0.5, 0.6) is 11.6 Å². The van der Waals surface area contributed by atoms with Gasteiger partial charge in [0.15, 0.2) is 0 Å².